The second-order valence-electron chi connectivity index (χ2n) is 6.78. The Morgan fingerprint density at radius 3 is 2.26 bits per heavy atom. The van der Waals surface area contributed by atoms with Gasteiger partial charge >= 0.3 is 5.97 Å². The highest BCUT2D eigenvalue weighted by Crippen LogP contribution is 2.24. The smallest absolute Gasteiger partial charge is 0.337 e. The summed E-state index contributed by atoms with van der Waals surface area (Å²) in [5, 5.41) is 2.64. The number of carbonyl (C=O) groups excluding carboxylic acids is 2. The molecule has 7 nitrogen and oxygen atoms in total. The summed E-state index contributed by atoms with van der Waals surface area (Å²) >= 11 is 0. The van der Waals surface area contributed by atoms with Crippen LogP contribution in [0.25, 0.3) is 0 Å². The molecular weight excluding hydrogens is 416 g/mol. The largest absolute Gasteiger partial charge is 0.465 e. The van der Waals surface area contributed by atoms with Crippen molar-refractivity contribution in [1.29, 1.82) is 0 Å². The Hall–Kier alpha value is -3.65. The Morgan fingerprint density at radius 2 is 1.61 bits per heavy atom. The van der Waals surface area contributed by atoms with Gasteiger partial charge in [-0.15, -0.1) is 0 Å². The minimum absolute atomic E-state index is 0.0797. The molecule has 8 heteroatoms. The first-order valence-electron chi connectivity index (χ1n) is 9.44. The number of nitrogens with one attached hydrogen (secondary N) is 1. The summed E-state index contributed by atoms with van der Waals surface area (Å²) in [4.78, 5) is 24.5. The van der Waals surface area contributed by atoms with Crippen molar-refractivity contribution in [2.24, 2.45) is 0 Å². The Labute approximate surface area is 181 Å². The fourth-order valence-electron chi connectivity index (χ4n) is 2.92. The van der Waals surface area contributed by atoms with E-state index in [-0.39, 0.29) is 10.5 Å². The van der Waals surface area contributed by atoms with E-state index in [2.05, 4.69) is 10.1 Å². The van der Waals surface area contributed by atoms with Crippen molar-refractivity contribution >= 4 is 33.3 Å². The molecule has 0 saturated heterocycles. The molecule has 0 fully saturated rings. The first kappa shape index (κ1) is 22.0. The molecular formula is C23H22N2O5S. The van der Waals surface area contributed by atoms with Crippen LogP contribution >= 0.6 is 0 Å². The van der Waals surface area contributed by atoms with E-state index in [0.717, 1.165) is 9.87 Å². The summed E-state index contributed by atoms with van der Waals surface area (Å²) in [6, 6.07) is 21.0. The summed E-state index contributed by atoms with van der Waals surface area (Å²) in [5.41, 5.74) is 1.96. The third kappa shape index (κ3) is 5.29. The zero-order valence-corrected chi connectivity index (χ0v) is 17.9. The molecule has 0 bridgehead atoms. The lowest BCUT2D eigenvalue weighted by Crippen LogP contribution is -2.38. The second-order valence-corrected chi connectivity index (χ2v) is 8.64. The maximum Gasteiger partial charge on any atom is 0.337 e. The van der Waals surface area contributed by atoms with E-state index in [0.29, 0.717) is 11.4 Å². The van der Waals surface area contributed by atoms with Crippen LogP contribution in [0.4, 0.5) is 11.4 Å². The molecule has 3 aromatic rings. The van der Waals surface area contributed by atoms with Crippen molar-refractivity contribution in [3.05, 3.63) is 90.0 Å². The highest BCUT2D eigenvalue weighted by molar-refractivity contribution is 7.92. The third-order valence-corrected chi connectivity index (χ3v) is 6.30. The van der Waals surface area contributed by atoms with E-state index in [1.54, 1.807) is 60.7 Å². The van der Waals surface area contributed by atoms with Crippen molar-refractivity contribution in [2.45, 2.75) is 11.8 Å². The van der Waals surface area contributed by atoms with E-state index >= 15 is 0 Å². The number of amides is 1. The molecule has 0 unspecified atom stereocenters. The number of aryl methyl sites for hydroxylation is 1. The molecule has 0 atom stereocenters. The topological polar surface area (TPSA) is 92.8 Å². The first-order chi connectivity index (χ1) is 14.8. The summed E-state index contributed by atoms with van der Waals surface area (Å²) < 4.78 is 32.3. The molecule has 0 heterocycles. The molecule has 3 rings (SSSR count). The second kappa shape index (κ2) is 9.44. The lowest BCUT2D eigenvalue weighted by Gasteiger charge is -2.24. The summed E-state index contributed by atoms with van der Waals surface area (Å²) in [5.74, 6) is -1.09. The zero-order chi connectivity index (χ0) is 22.4. The van der Waals surface area contributed by atoms with Gasteiger partial charge < -0.3 is 10.1 Å². The SMILES string of the molecule is COC(=O)c1cccc(NC(=O)CN(c2ccc(C)cc2)S(=O)(=O)c2ccccc2)c1. The van der Waals surface area contributed by atoms with Gasteiger partial charge in [0.15, 0.2) is 0 Å². The number of esters is 1. The minimum Gasteiger partial charge on any atom is -0.465 e. The number of ether oxygens (including phenoxy) is 1. The fourth-order valence-corrected chi connectivity index (χ4v) is 4.36. The predicted octanol–water partition coefficient (Wildman–Crippen LogP) is 3.62. The van der Waals surface area contributed by atoms with Gasteiger partial charge in [-0.1, -0.05) is 42.0 Å². The van der Waals surface area contributed by atoms with Crippen molar-refractivity contribution < 1.29 is 22.7 Å². The molecule has 1 N–H and O–H groups in total. The Balaban J connectivity index is 1.89. The van der Waals surface area contributed by atoms with Crippen molar-refractivity contribution in [1.82, 2.24) is 0 Å². The van der Waals surface area contributed by atoms with Gasteiger partial charge in [-0.3, -0.25) is 9.10 Å². The molecule has 0 aliphatic carbocycles. The summed E-state index contributed by atoms with van der Waals surface area (Å²) in [6.07, 6.45) is 0. The van der Waals surface area contributed by atoms with E-state index in [1.165, 1.54) is 25.3 Å². The zero-order valence-electron chi connectivity index (χ0n) is 17.1. The number of carbonyl (C=O) groups is 2. The van der Waals surface area contributed by atoms with E-state index in [1.807, 2.05) is 6.92 Å². The average molecular weight is 439 g/mol. The van der Waals surface area contributed by atoms with E-state index in [4.69, 9.17) is 0 Å². The number of anilines is 2. The monoisotopic (exact) mass is 438 g/mol. The molecule has 3 aromatic carbocycles. The number of hydrogen-bond donors (Lipinski definition) is 1. The number of methoxy groups -OCH3 is 1. The molecule has 0 aliphatic rings. The molecule has 0 aromatic heterocycles. The average Bonchev–Trinajstić information content (AvgIpc) is 2.78. The van der Waals surface area contributed by atoms with Crippen molar-refractivity contribution in [2.75, 3.05) is 23.3 Å². The van der Waals surface area contributed by atoms with Crippen molar-refractivity contribution in [3.8, 4) is 0 Å². The van der Waals surface area contributed by atoms with Gasteiger partial charge in [0.1, 0.15) is 6.54 Å². The quantitative estimate of drug-likeness (QED) is 0.569. The van der Waals surface area contributed by atoms with Crippen LogP contribution in [0.5, 0.6) is 0 Å². The predicted molar refractivity (Wildman–Crippen MR) is 119 cm³/mol. The summed E-state index contributed by atoms with van der Waals surface area (Å²) in [6.45, 7) is 1.45. The van der Waals surface area contributed by atoms with Gasteiger partial charge in [0.2, 0.25) is 5.91 Å². The van der Waals surface area contributed by atoms with Crippen molar-refractivity contribution in [3.63, 3.8) is 0 Å². The van der Waals surface area contributed by atoms with Gasteiger partial charge in [0.05, 0.1) is 23.3 Å². The van der Waals surface area contributed by atoms with Crippen LogP contribution in [0, 0.1) is 6.92 Å². The van der Waals surface area contributed by atoms with Gasteiger partial charge in [-0.25, -0.2) is 13.2 Å². The molecule has 0 aliphatic heterocycles. The van der Waals surface area contributed by atoms with E-state index in [9.17, 15) is 18.0 Å². The van der Waals surface area contributed by atoms with Crippen LogP contribution in [0.1, 0.15) is 15.9 Å². The number of rotatable bonds is 7. The standard InChI is InChI=1S/C23H22N2O5S/c1-17-11-13-20(14-12-17)25(31(28,29)21-9-4-3-5-10-21)16-22(26)24-19-8-6-7-18(15-19)23(27)30-2/h3-15H,16H2,1-2H3,(H,24,26). The molecule has 0 spiro atoms. The molecule has 1 amide bonds. The minimum atomic E-state index is -3.98. The maximum absolute atomic E-state index is 13.3. The lowest BCUT2D eigenvalue weighted by molar-refractivity contribution is -0.114. The highest BCUT2D eigenvalue weighted by Gasteiger charge is 2.27. The van der Waals surface area contributed by atoms with Gasteiger partial charge in [-0.2, -0.15) is 0 Å². The van der Waals surface area contributed by atoms with Gasteiger partial charge in [0.25, 0.3) is 10.0 Å². The Kier molecular flexibility index (Phi) is 6.71. The molecule has 0 radical (unpaired) electrons. The number of nitrogens with zero attached hydrogens (tertiary/aromatic N) is 1. The Bertz CT molecular complexity index is 1180. The molecule has 0 saturated carbocycles. The molecule has 31 heavy (non-hydrogen) atoms. The molecule has 160 valence electrons. The maximum atomic E-state index is 13.3. The van der Waals surface area contributed by atoms with Crippen LogP contribution < -0.4 is 9.62 Å². The number of hydrogen-bond acceptors (Lipinski definition) is 5. The first-order valence-corrected chi connectivity index (χ1v) is 10.9. The van der Waals surface area contributed by atoms with Crippen LogP contribution in [0.15, 0.2) is 83.8 Å². The number of benzene rings is 3. The van der Waals surface area contributed by atoms with Crippen LogP contribution in [0.2, 0.25) is 0 Å². The number of sulfonamides is 1. The van der Waals surface area contributed by atoms with Crippen LogP contribution in [-0.2, 0) is 19.6 Å². The van der Waals surface area contributed by atoms with Gasteiger partial charge in [-0.05, 0) is 49.4 Å². The Morgan fingerprint density at radius 1 is 0.935 bits per heavy atom. The van der Waals surface area contributed by atoms with Crippen LogP contribution in [0.3, 0.4) is 0 Å². The lowest BCUT2D eigenvalue weighted by atomic mass is 10.2. The third-order valence-electron chi connectivity index (χ3n) is 4.51. The summed E-state index contributed by atoms with van der Waals surface area (Å²) in [7, 11) is -2.72. The highest BCUT2D eigenvalue weighted by atomic mass is 32.2. The van der Waals surface area contributed by atoms with Gasteiger partial charge in [0, 0.05) is 5.69 Å². The van der Waals surface area contributed by atoms with E-state index < -0.39 is 28.4 Å². The fraction of sp³-hybridized carbons (Fsp3) is 0.130. The normalized spacial score (nSPS) is 10.9. The van der Waals surface area contributed by atoms with Crippen LogP contribution in [-0.4, -0.2) is 33.9 Å².